The fraction of sp³-hybridized carbons (Fsp3) is 0.278. The molecular weight excluding hydrogens is 320 g/mol. The van der Waals surface area contributed by atoms with Gasteiger partial charge in [-0.1, -0.05) is 29.5 Å². The maximum absolute atomic E-state index is 5.25. The number of benzene rings is 1. The molecule has 2 aromatic heterocycles. The molecule has 0 N–H and O–H groups in total. The van der Waals surface area contributed by atoms with Gasteiger partial charge < -0.3 is 9.64 Å². The van der Waals surface area contributed by atoms with Gasteiger partial charge in [-0.05, 0) is 42.7 Å². The molecule has 0 unspecified atom stereocenters. The number of hydrogen-bond donors (Lipinski definition) is 0. The highest BCUT2D eigenvalue weighted by Gasteiger charge is 2.29. The van der Waals surface area contributed by atoms with Crippen LogP contribution in [0.15, 0.2) is 48.7 Å². The first-order valence-corrected chi connectivity index (χ1v) is 8.82. The van der Waals surface area contributed by atoms with Gasteiger partial charge in [-0.3, -0.25) is 4.98 Å². The van der Waals surface area contributed by atoms with Crippen molar-refractivity contribution in [3.05, 3.63) is 54.2 Å². The zero-order valence-corrected chi connectivity index (χ0v) is 14.2. The number of anilines is 1. The van der Waals surface area contributed by atoms with Crippen LogP contribution in [0, 0.1) is 0 Å². The number of rotatable bonds is 4. The van der Waals surface area contributed by atoms with E-state index in [4.69, 9.17) is 4.74 Å². The smallest absolute Gasteiger partial charge is 0.209 e. The molecule has 1 aromatic carbocycles. The van der Waals surface area contributed by atoms with Crippen LogP contribution in [-0.4, -0.2) is 28.8 Å². The van der Waals surface area contributed by atoms with Gasteiger partial charge in [0.05, 0.1) is 13.2 Å². The molecule has 122 valence electrons. The molecule has 5 nitrogen and oxygen atoms in total. The molecule has 1 atom stereocenters. The Hall–Kier alpha value is -2.47. The number of nitrogens with zero attached hydrogens (tertiary/aromatic N) is 4. The molecule has 3 aromatic rings. The van der Waals surface area contributed by atoms with E-state index >= 15 is 0 Å². The average molecular weight is 338 g/mol. The minimum atomic E-state index is 0.348. The third kappa shape index (κ3) is 2.85. The van der Waals surface area contributed by atoms with Gasteiger partial charge in [0.1, 0.15) is 11.4 Å². The van der Waals surface area contributed by atoms with Crippen LogP contribution >= 0.6 is 11.3 Å². The Labute approximate surface area is 145 Å². The van der Waals surface area contributed by atoms with Crippen LogP contribution in [0.25, 0.3) is 10.7 Å². The Morgan fingerprint density at radius 2 is 2.00 bits per heavy atom. The van der Waals surface area contributed by atoms with Gasteiger partial charge in [0.2, 0.25) is 5.13 Å². The molecule has 0 amide bonds. The Morgan fingerprint density at radius 1 is 1.12 bits per heavy atom. The van der Waals surface area contributed by atoms with Gasteiger partial charge >= 0.3 is 0 Å². The summed E-state index contributed by atoms with van der Waals surface area (Å²) in [6.45, 7) is 1.01. The van der Waals surface area contributed by atoms with Crippen LogP contribution in [-0.2, 0) is 0 Å². The van der Waals surface area contributed by atoms with Gasteiger partial charge in [0, 0.05) is 12.7 Å². The molecule has 3 heterocycles. The summed E-state index contributed by atoms with van der Waals surface area (Å²) in [5, 5.41) is 10.6. The maximum Gasteiger partial charge on any atom is 0.209 e. The maximum atomic E-state index is 5.25. The molecule has 1 aliphatic heterocycles. The van der Waals surface area contributed by atoms with Crippen molar-refractivity contribution in [2.75, 3.05) is 18.6 Å². The molecule has 0 spiro atoms. The minimum absolute atomic E-state index is 0.348. The van der Waals surface area contributed by atoms with Gasteiger partial charge in [0.15, 0.2) is 5.01 Å². The number of ether oxygens (including phenoxy) is 1. The zero-order chi connectivity index (χ0) is 16.4. The summed E-state index contributed by atoms with van der Waals surface area (Å²) in [5.74, 6) is 0.886. The first kappa shape index (κ1) is 15.1. The van der Waals surface area contributed by atoms with E-state index in [0.29, 0.717) is 6.04 Å². The molecule has 1 fully saturated rings. The van der Waals surface area contributed by atoms with Crippen molar-refractivity contribution >= 4 is 16.5 Å². The SMILES string of the molecule is COc1ccc([C@@H]2CCCN2c2nnc(-c3ccccn3)s2)cc1. The van der Waals surface area contributed by atoms with E-state index < -0.39 is 0 Å². The quantitative estimate of drug-likeness (QED) is 0.721. The summed E-state index contributed by atoms with van der Waals surface area (Å²) < 4.78 is 5.25. The summed E-state index contributed by atoms with van der Waals surface area (Å²) in [7, 11) is 1.69. The Morgan fingerprint density at radius 3 is 2.75 bits per heavy atom. The molecule has 1 saturated heterocycles. The highest BCUT2D eigenvalue weighted by molar-refractivity contribution is 7.18. The third-order valence-electron chi connectivity index (χ3n) is 4.30. The summed E-state index contributed by atoms with van der Waals surface area (Å²) in [4.78, 5) is 6.71. The molecule has 1 aliphatic rings. The van der Waals surface area contributed by atoms with Gasteiger partial charge in [-0.2, -0.15) is 0 Å². The highest BCUT2D eigenvalue weighted by atomic mass is 32.1. The van der Waals surface area contributed by atoms with Gasteiger partial charge in [-0.15, -0.1) is 10.2 Å². The highest BCUT2D eigenvalue weighted by Crippen LogP contribution is 2.39. The monoisotopic (exact) mass is 338 g/mol. The van der Waals surface area contributed by atoms with Crippen molar-refractivity contribution in [1.82, 2.24) is 15.2 Å². The Kier molecular flexibility index (Phi) is 4.13. The molecular formula is C18H18N4OS. The van der Waals surface area contributed by atoms with Crippen LogP contribution < -0.4 is 9.64 Å². The lowest BCUT2D eigenvalue weighted by atomic mass is 10.0. The van der Waals surface area contributed by atoms with Gasteiger partial charge in [0.25, 0.3) is 0 Å². The van der Waals surface area contributed by atoms with Crippen molar-refractivity contribution in [3.63, 3.8) is 0 Å². The largest absolute Gasteiger partial charge is 0.497 e. The summed E-state index contributed by atoms with van der Waals surface area (Å²) in [5.41, 5.74) is 2.17. The average Bonchev–Trinajstić information content (AvgIpc) is 3.32. The lowest BCUT2D eigenvalue weighted by Crippen LogP contribution is -2.22. The van der Waals surface area contributed by atoms with E-state index in [2.05, 4.69) is 32.2 Å². The van der Waals surface area contributed by atoms with Crippen LogP contribution in [0.5, 0.6) is 5.75 Å². The summed E-state index contributed by atoms with van der Waals surface area (Å²) >= 11 is 1.61. The second kappa shape index (κ2) is 6.57. The van der Waals surface area contributed by atoms with E-state index in [9.17, 15) is 0 Å². The van der Waals surface area contributed by atoms with Crippen LogP contribution in [0.3, 0.4) is 0 Å². The molecule has 0 radical (unpaired) electrons. The molecule has 0 aliphatic carbocycles. The molecule has 0 saturated carbocycles. The normalized spacial score (nSPS) is 17.2. The predicted octanol–water partition coefficient (Wildman–Crippen LogP) is 3.95. The minimum Gasteiger partial charge on any atom is -0.497 e. The topological polar surface area (TPSA) is 51.1 Å². The van der Waals surface area contributed by atoms with E-state index in [1.807, 2.05) is 30.3 Å². The number of pyridine rings is 1. The second-order valence-electron chi connectivity index (χ2n) is 5.73. The van der Waals surface area contributed by atoms with E-state index in [-0.39, 0.29) is 0 Å². The lowest BCUT2D eigenvalue weighted by molar-refractivity contribution is 0.414. The third-order valence-corrected chi connectivity index (χ3v) is 5.28. The van der Waals surface area contributed by atoms with Crippen molar-refractivity contribution in [3.8, 4) is 16.5 Å². The molecule has 4 rings (SSSR count). The van der Waals surface area contributed by atoms with E-state index in [1.165, 1.54) is 5.56 Å². The first-order chi connectivity index (χ1) is 11.8. The second-order valence-corrected chi connectivity index (χ2v) is 6.69. The fourth-order valence-electron chi connectivity index (χ4n) is 3.09. The Bertz CT molecular complexity index is 803. The Balaban J connectivity index is 1.60. The van der Waals surface area contributed by atoms with Crippen molar-refractivity contribution in [1.29, 1.82) is 0 Å². The first-order valence-electron chi connectivity index (χ1n) is 8.00. The fourth-order valence-corrected chi connectivity index (χ4v) is 3.99. The van der Waals surface area contributed by atoms with Crippen molar-refractivity contribution in [2.24, 2.45) is 0 Å². The van der Waals surface area contributed by atoms with E-state index in [1.54, 1.807) is 24.6 Å². The van der Waals surface area contributed by atoms with Crippen LogP contribution in [0.2, 0.25) is 0 Å². The summed E-state index contributed by atoms with van der Waals surface area (Å²) in [6.07, 6.45) is 4.08. The van der Waals surface area contributed by atoms with Gasteiger partial charge in [-0.25, -0.2) is 0 Å². The van der Waals surface area contributed by atoms with E-state index in [0.717, 1.165) is 41.0 Å². The number of methoxy groups -OCH3 is 1. The van der Waals surface area contributed by atoms with Crippen LogP contribution in [0.4, 0.5) is 5.13 Å². The van der Waals surface area contributed by atoms with Crippen LogP contribution in [0.1, 0.15) is 24.4 Å². The number of hydrogen-bond acceptors (Lipinski definition) is 6. The molecule has 6 heteroatoms. The predicted molar refractivity (Wildman–Crippen MR) is 95.5 cm³/mol. The zero-order valence-electron chi connectivity index (χ0n) is 13.4. The standard InChI is InChI=1S/C18H18N4OS/c1-23-14-9-7-13(8-10-14)16-6-4-12-22(16)18-21-20-17(24-18)15-5-2-3-11-19-15/h2-3,5,7-11,16H,4,6,12H2,1H3/t16-/m0/s1. The molecule has 0 bridgehead atoms. The molecule has 24 heavy (non-hydrogen) atoms. The van der Waals surface area contributed by atoms with Crippen molar-refractivity contribution in [2.45, 2.75) is 18.9 Å². The number of aromatic nitrogens is 3. The summed E-state index contributed by atoms with van der Waals surface area (Å²) in [6, 6.07) is 14.5. The van der Waals surface area contributed by atoms with Crippen molar-refractivity contribution < 1.29 is 4.74 Å². The lowest BCUT2D eigenvalue weighted by Gasteiger charge is -2.24.